The third-order valence-corrected chi connectivity index (χ3v) is 5.30. The molecular weight excluding hydrogens is 340 g/mol. The van der Waals surface area contributed by atoms with Gasteiger partial charge < -0.3 is 10.1 Å². The summed E-state index contributed by atoms with van der Waals surface area (Å²) in [5.74, 6) is 0.840. The highest BCUT2D eigenvalue weighted by molar-refractivity contribution is 7.10. The van der Waals surface area contributed by atoms with Gasteiger partial charge in [-0.05, 0) is 42.1 Å². The largest absolute Gasteiger partial charge is 0.483 e. The predicted octanol–water partition coefficient (Wildman–Crippen LogP) is 4.46. The van der Waals surface area contributed by atoms with Gasteiger partial charge in [0.25, 0.3) is 0 Å². The Morgan fingerprint density at radius 3 is 2.79 bits per heavy atom. The van der Waals surface area contributed by atoms with Crippen molar-refractivity contribution in [3.63, 3.8) is 0 Å². The fraction of sp³-hybridized carbons (Fsp3) is 0.211. The zero-order valence-corrected chi connectivity index (χ0v) is 14.6. The Kier molecular flexibility index (Phi) is 5.06. The molecular formula is C19H17ClN2OS. The van der Waals surface area contributed by atoms with E-state index in [1.165, 1.54) is 10.4 Å². The van der Waals surface area contributed by atoms with Gasteiger partial charge in [-0.1, -0.05) is 24.3 Å². The van der Waals surface area contributed by atoms with Gasteiger partial charge in [-0.3, -0.25) is 0 Å². The monoisotopic (exact) mass is 356 g/mol. The number of ether oxygens (including phenoxy) is 1. The zero-order valence-electron chi connectivity index (χ0n) is 13.0. The number of nitriles is 1. The fourth-order valence-corrected chi connectivity index (χ4v) is 4.09. The van der Waals surface area contributed by atoms with Gasteiger partial charge in [-0.15, -0.1) is 23.7 Å². The summed E-state index contributed by atoms with van der Waals surface area (Å²) in [6.07, 6.45) is 1.07. The van der Waals surface area contributed by atoms with Crippen LogP contribution in [0.5, 0.6) is 5.75 Å². The highest BCUT2D eigenvalue weighted by Crippen LogP contribution is 2.34. The molecule has 1 aromatic heterocycles. The number of thiophene rings is 1. The summed E-state index contributed by atoms with van der Waals surface area (Å²) in [6, 6.07) is 16.1. The lowest BCUT2D eigenvalue weighted by molar-refractivity contribution is 0.211. The summed E-state index contributed by atoms with van der Waals surface area (Å²) in [6.45, 7) is 1.79. The number of hydrogen-bond acceptors (Lipinski definition) is 4. The molecule has 0 bridgehead atoms. The zero-order chi connectivity index (χ0) is 15.6. The molecule has 1 unspecified atom stereocenters. The number of benzene rings is 2. The molecule has 122 valence electrons. The highest BCUT2D eigenvalue weighted by Gasteiger charge is 2.22. The molecule has 0 fully saturated rings. The van der Waals surface area contributed by atoms with Crippen molar-refractivity contribution in [1.29, 1.82) is 5.26 Å². The van der Waals surface area contributed by atoms with Crippen LogP contribution in [0.2, 0.25) is 0 Å². The molecule has 0 radical (unpaired) electrons. The van der Waals surface area contributed by atoms with Crippen molar-refractivity contribution >= 4 is 34.5 Å². The smallest absolute Gasteiger partial charge is 0.145 e. The van der Waals surface area contributed by atoms with E-state index >= 15 is 0 Å². The van der Waals surface area contributed by atoms with Gasteiger partial charge in [0.05, 0.1) is 11.6 Å². The normalized spacial score (nSPS) is 16.5. The van der Waals surface area contributed by atoms with Gasteiger partial charge in [0.1, 0.15) is 11.9 Å². The SMILES string of the molecule is Cl.N#Cc1ccc(OC2CNCCc3ccsc32)c2ccccc12. The number of hydrogen-bond donors (Lipinski definition) is 1. The van der Waals surface area contributed by atoms with E-state index in [0.717, 1.165) is 36.0 Å². The van der Waals surface area contributed by atoms with E-state index in [0.29, 0.717) is 5.56 Å². The molecule has 0 saturated heterocycles. The third kappa shape index (κ3) is 2.99. The van der Waals surface area contributed by atoms with Gasteiger partial charge in [-0.25, -0.2) is 0 Å². The fourth-order valence-electron chi connectivity index (χ4n) is 3.11. The molecule has 1 aliphatic rings. The van der Waals surface area contributed by atoms with E-state index in [1.54, 1.807) is 11.3 Å². The Labute approximate surface area is 151 Å². The second-order valence-corrected chi connectivity index (χ2v) is 6.59. The Bertz CT molecular complexity index is 900. The molecule has 0 amide bonds. The van der Waals surface area contributed by atoms with Crippen LogP contribution in [-0.2, 0) is 6.42 Å². The van der Waals surface area contributed by atoms with Crippen molar-refractivity contribution in [1.82, 2.24) is 5.32 Å². The lowest BCUT2D eigenvalue weighted by atomic mass is 10.0. The van der Waals surface area contributed by atoms with Crippen molar-refractivity contribution in [2.24, 2.45) is 0 Å². The maximum absolute atomic E-state index is 9.29. The Balaban J connectivity index is 0.00000169. The molecule has 5 heteroatoms. The van der Waals surface area contributed by atoms with Gasteiger partial charge >= 0.3 is 0 Å². The first-order valence-corrected chi connectivity index (χ1v) is 8.60. The molecule has 2 aromatic carbocycles. The molecule has 2 heterocycles. The number of fused-ring (bicyclic) bond motifs is 2. The first kappa shape index (κ1) is 16.8. The first-order chi connectivity index (χ1) is 11.4. The Morgan fingerprint density at radius 1 is 1.12 bits per heavy atom. The van der Waals surface area contributed by atoms with E-state index in [9.17, 15) is 5.26 Å². The van der Waals surface area contributed by atoms with Crippen LogP contribution < -0.4 is 10.1 Å². The van der Waals surface area contributed by atoms with E-state index in [1.807, 2.05) is 36.4 Å². The molecule has 1 atom stereocenters. The molecule has 4 rings (SSSR count). The Hall–Kier alpha value is -2.06. The van der Waals surface area contributed by atoms with Crippen LogP contribution in [0.15, 0.2) is 47.8 Å². The third-order valence-electron chi connectivity index (χ3n) is 4.25. The highest BCUT2D eigenvalue weighted by atomic mass is 35.5. The van der Waals surface area contributed by atoms with E-state index in [4.69, 9.17) is 4.74 Å². The van der Waals surface area contributed by atoms with Crippen molar-refractivity contribution in [3.8, 4) is 11.8 Å². The standard InChI is InChI=1S/C19H16N2OS.ClH/c20-11-14-5-6-17(16-4-2-1-3-15(14)16)22-18-12-21-9-7-13-8-10-23-19(13)18;/h1-6,8,10,18,21H,7,9,12H2;1H. The molecule has 3 aromatic rings. The summed E-state index contributed by atoms with van der Waals surface area (Å²) >= 11 is 1.76. The van der Waals surface area contributed by atoms with Crippen LogP contribution in [0.4, 0.5) is 0 Å². The minimum Gasteiger partial charge on any atom is -0.483 e. The van der Waals surface area contributed by atoms with Gasteiger partial charge in [0.2, 0.25) is 0 Å². The van der Waals surface area contributed by atoms with E-state index in [-0.39, 0.29) is 18.5 Å². The average Bonchev–Trinajstić information content (AvgIpc) is 2.98. The number of rotatable bonds is 2. The molecule has 1 N–H and O–H groups in total. The lowest BCUT2D eigenvalue weighted by Crippen LogP contribution is -2.23. The summed E-state index contributed by atoms with van der Waals surface area (Å²) in [7, 11) is 0. The number of nitrogens with one attached hydrogen (secondary N) is 1. The van der Waals surface area contributed by atoms with Crippen LogP contribution in [0.1, 0.15) is 22.1 Å². The second kappa shape index (κ2) is 7.23. The summed E-state index contributed by atoms with van der Waals surface area (Å²) in [4.78, 5) is 1.31. The number of halogens is 1. The molecule has 3 nitrogen and oxygen atoms in total. The molecule has 0 aliphatic carbocycles. The van der Waals surface area contributed by atoms with Crippen LogP contribution in [0.25, 0.3) is 10.8 Å². The quantitative estimate of drug-likeness (QED) is 0.737. The van der Waals surface area contributed by atoms with Crippen LogP contribution >= 0.6 is 23.7 Å². The second-order valence-electron chi connectivity index (χ2n) is 5.64. The van der Waals surface area contributed by atoms with Gasteiger partial charge in [0, 0.05) is 22.2 Å². The molecule has 24 heavy (non-hydrogen) atoms. The average molecular weight is 357 g/mol. The minimum absolute atomic E-state index is 0. The van der Waals surface area contributed by atoms with Crippen LogP contribution in [-0.4, -0.2) is 13.1 Å². The van der Waals surface area contributed by atoms with E-state index in [2.05, 4.69) is 22.8 Å². The summed E-state index contributed by atoms with van der Waals surface area (Å²) in [5, 5.41) is 16.8. The van der Waals surface area contributed by atoms with Crippen molar-refractivity contribution in [2.75, 3.05) is 13.1 Å². The summed E-state index contributed by atoms with van der Waals surface area (Å²) < 4.78 is 6.37. The molecule has 0 spiro atoms. The molecule has 0 saturated carbocycles. The van der Waals surface area contributed by atoms with Crippen LogP contribution in [0, 0.1) is 11.3 Å². The molecule has 1 aliphatic heterocycles. The maximum atomic E-state index is 9.29. The van der Waals surface area contributed by atoms with Gasteiger partial charge in [0.15, 0.2) is 0 Å². The lowest BCUT2D eigenvalue weighted by Gasteiger charge is -2.19. The topological polar surface area (TPSA) is 45.0 Å². The maximum Gasteiger partial charge on any atom is 0.145 e. The predicted molar refractivity (Wildman–Crippen MR) is 100 cm³/mol. The van der Waals surface area contributed by atoms with E-state index < -0.39 is 0 Å². The van der Waals surface area contributed by atoms with Crippen molar-refractivity contribution in [2.45, 2.75) is 12.5 Å². The van der Waals surface area contributed by atoms with Crippen LogP contribution in [0.3, 0.4) is 0 Å². The van der Waals surface area contributed by atoms with Gasteiger partial charge in [-0.2, -0.15) is 5.26 Å². The summed E-state index contributed by atoms with van der Waals surface area (Å²) in [5.41, 5.74) is 2.06. The minimum atomic E-state index is 0. The Morgan fingerprint density at radius 2 is 1.96 bits per heavy atom. The first-order valence-electron chi connectivity index (χ1n) is 7.72. The number of nitrogens with zero attached hydrogens (tertiary/aromatic N) is 1. The van der Waals surface area contributed by atoms with Crippen molar-refractivity contribution in [3.05, 3.63) is 63.8 Å². The van der Waals surface area contributed by atoms with Crippen molar-refractivity contribution < 1.29 is 4.74 Å².